The zero-order chi connectivity index (χ0) is 17.4. The van der Waals surface area contributed by atoms with Crippen molar-refractivity contribution in [2.24, 2.45) is 0 Å². The molecular formula is C17H20ClN3O3. The molecule has 6 nitrogen and oxygen atoms in total. The maximum Gasteiger partial charge on any atom is 0.243 e. The quantitative estimate of drug-likeness (QED) is 0.385. The zero-order valence-corrected chi connectivity index (χ0v) is 14.0. The summed E-state index contributed by atoms with van der Waals surface area (Å²) in [6.45, 7) is 0. The molecule has 0 unspecified atom stereocenters. The zero-order valence-electron chi connectivity index (χ0n) is 13.2. The second kappa shape index (κ2) is 9.20. The molecule has 0 radical (unpaired) electrons. The first-order valence-electron chi connectivity index (χ1n) is 7.87. The number of carbonyl (C=O) groups is 2. The van der Waals surface area contributed by atoms with Crippen LogP contribution in [0.3, 0.4) is 0 Å². The minimum absolute atomic E-state index is 0.0504. The molecule has 0 aliphatic rings. The number of nitrogens with one attached hydrogen (secondary N) is 2. The lowest BCUT2D eigenvalue weighted by molar-refractivity contribution is -0.129. The molecule has 0 aliphatic carbocycles. The number of unbranched alkanes of at least 4 members (excludes halogenated alkanes) is 3. The van der Waals surface area contributed by atoms with Crippen LogP contribution in [0, 0.1) is 0 Å². The van der Waals surface area contributed by atoms with Crippen molar-refractivity contribution in [3.63, 3.8) is 0 Å². The van der Waals surface area contributed by atoms with E-state index in [-0.39, 0.29) is 11.8 Å². The summed E-state index contributed by atoms with van der Waals surface area (Å²) in [5, 5.41) is 12.7. The minimum atomic E-state index is -0.377. The van der Waals surface area contributed by atoms with Gasteiger partial charge in [0, 0.05) is 29.4 Å². The van der Waals surface area contributed by atoms with E-state index in [0.29, 0.717) is 24.3 Å². The number of hydroxylamine groups is 1. The monoisotopic (exact) mass is 349 g/mol. The first-order valence-corrected chi connectivity index (χ1v) is 8.25. The Bertz CT molecular complexity index is 721. The molecule has 0 atom stereocenters. The van der Waals surface area contributed by atoms with Crippen LogP contribution in [0.5, 0.6) is 0 Å². The Morgan fingerprint density at radius 1 is 1.04 bits per heavy atom. The number of hydrogen-bond donors (Lipinski definition) is 3. The van der Waals surface area contributed by atoms with Gasteiger partial charge >= 0.3 is 0 Å². The number of aromatic nitrogens is 1. The molecule has 128 valence electrons. The van der Waals surface area contributed by atoms with Gasteiger partial charge in [0.2, 0.25) is 11.8 Å². The summed E-state index contributed by atoms with van der Waals surface area (Å²) >= 11 is 5.95. The molecule has 7 heteroatoms. The number of pyridine rings is 1. The van der Waals surface area contributed by atoms with E-state index in [2.05, 4.69) is 10.3 Å². The van der Waals surface area contributed by atoms with Crippen molar-refractivity contribution in [2.45, 2.75) is 38.5 Å². The van der Waals surface area contributed by atoms with Gasteiger partial charge in [0.05, 0.1) is 11.2 Å². The number of anilines is 1. The van der Waals surface area contributed by atoms with E-state index in [4.69, 9.17) is 16.8 Å². The van der Waals surface area contributed by atoms with Crippen LogP contribution in [-0.2, 0) is 9.59 Å². The highest BCUT2D eigenvalue weighted by molar-refractivity contribution is 6.31. The Kier molecular flexibility index (Phi) is 6.96. The lowest BCUT2D eigenvalue weighted by Crippen LogP contribution is -2.17. The molecule has 2 aromatic rings. The first-order chi connectivity index (χ1) is 11.6. The third-order valence-corrected chi connectivity index (χ3v) is 3.90. The largest absolute Gasteiger partial charge is 0.325 e. The summed E-state index contributed by atoms with van der Waals surface area (Å²) < 4.78 is 0. The summed E-state index contributed by atoms with van der Waals surface area (Å²) in [6.07, 6.45) is 5.51. The van der Waals surface area contributed by atoms with Crippen molar-refractivity contribution in [1.29, 1.82) is 0 Å². The van der Waals surface area contributed by atoms with Gasteiger partial charge in [0.25, 0.3) is 0 Å². The van der Waals surface area contributed by atoms with Gasteiger partial charge in [0.1, 0.15) is 0 Å². The van der Waals surface area contributed by atoms with Gasteiger partial charge in [-0.25, -0.2) is 5.48 Å². The molecular weight excluding hydrogens is 330 g/mol. The van der Waals surface area contributed by atoms with Crippen molar-refractivity contribution in [3.05, 3.63) is 35.5 Å². The number of hydrogen-bond acceptors (Lipinski definition) is 4. The van der Waals surface area contributed by atoms with Crippen molar-refractivity contribution < 1.29 is 14.8 Å². The highest BCUT2D eigenvalue weighted by Gasteiger charge is 2.07. The summed E-state index contributed by atoms with van der Waals surface area (Å²) in [5.74, 6) is -0.428. The van der Waals surface area contributed by atoms with E-state index in [1.165, 1.54) is 0 Å². The van der Waals surface area contributed by atoms with Gasteiger partial charge in [0.15, 0.2) is 0 Å². The van der Waals surface area contributed by atoms with Crippen LogP contribution in [0.4, 0.5) is 5.69 Å². The summed E-state index contributed by atoms with van der Waals surface area (Å²) in [4.78, 5) is 27.1. The van der Waals surface area contributed by atoms with Gasteiger partial charge in [-0.05, 0) is 37.1 Å². The van der Waals surface area contributed by atoms with Crippen LogP contribution in [-0.4, -0.2) is 22.0 Å². The maximum atomic E-state index is 12.1. The van der Waals surface area contributed by atoms with E-state index in [0.717, 1.165) is 35.9 Å². The van der Waals surface area contributed by atoms with Crippen molar-refractivity contribution in [3.8, 4) is 0 Å². The molecule has 0 saturated carbocycles. The van der Waals surface area contributed by atoms with Gasteiger partial charge in [-0.15, -0.1) is 0 Å². The number of amides is 2. The van der Waals surface area contributed by atoms with Crippen LogP contribution >= 0.6 is 11.6 Å². The Hall–Kier alpha value is -2.18. The number of fused-ring (bicyclic) bond motifs is 1. The normalized spacial score (nSPS) is 10.6. The predicted molar refractivity (Wildman–Crippen MR) is 93.0 cm³/mol. The average molecular weight is 350 g/mol. The molecule has 2 amide bonds. The van der Waals surface area contributed by atoms with Crippen LogP contribution in [0.2, 0.25) is 5.02 Å². The second-order valence-electron chi connectivity index (χ2n) is 5.52. The lowest BCUT2D eigenvalue weighted by Gasteiger charge is -2.08. The number of nitrogens with zero attached hydrogens (tertiary/aromatic N) is 1. The second-order valence-corrected chi connectivity index (χ2v) is 5.95. The molecule has 0 aliphatic heterocycles. The topological polar surface area (TPSA) is 91.3 Å². The Morgan fingerprint density at radius 3 is 2.46 bits per heavy atom. The summed E-state index contributed by atoms with van der Waals surface area (Å²) in [6, 6.07) is 7.13. The average Bonchev–Trinajstić information content (AvgIpc) is 2.57. The predicted octanol–water partition coefficient (Wildman–Crippen LogP) is 3.67. The summed E-state index contributed by atoms with van der Waals surface area (Å²) in [7, 11) is 0. The fraction of sp³-hybridized carbons (Fsp3) is 0.353. The van der Waals surface area contributed by atoms with E-state index < -0.39 is 0 Å². The minimum Gasteiger partial charge on any atom is -0.325 e. The fourth-order valence-corrected chi connectivity index (χ4v) is 2.59. The summed E-state index contributed by atoms with van der Waals surface area (Å²) in [5.41, 5.74) is 3.06. The van der Waals surface area contributed by atoms with Crippen LogP contribution in [0.25, 0.3) is 10.9 Å². The van der Waals surface area contributed by atoms with E-state index in [1.54, 1.807) is 29.9 Å². The molecule has 0 spiro atoms. The lowest BCUT2D eigenvalue weighted by atomic mass is 10.1. The Balaban J connectivity index is 1.78. The van der Waals surface area contributed by atoms with Gasteiger partial charge in [-0.1, -0.05) is 24.4 Å². The van der Waals surface area contributed by atoms with E-state index in [1.807, 2.05) is 6.07 Å². The highest BCUT2D eigenvalue weighted by Crippen LogP contribution is 2.24. The SMILES string of the molecule is O=C(CCCCCCC(=O)Nc1ccnc2cc(Cl)ccc12)NO. The molecule has 0 fully saturated rings. The Morgan fingerprint density at radius 2 is 1.75 bits per heavy atom. The molecule has 24 heavy (non-hydrogen) atoms. The third kappa shape index (κ3) is 5.47. The van der Waals surface area contributed by atoms with Gasteiger partial charge in [-0.3, -0.25) is 19.8 Å². The number of benzene rings is 1. The van der Waals surface area contributed by atoms with Crippen molar-refractivity contribution in [2.75, 3.05) is 5.32 Å². The molecule has 2 rings (SSSR count). The van der Waals surface area contributed by atoms with E-state index >= 15 is 0 Å². The van der Waals surface area contributed by atoms with Crippen LogP contribution < -0.4 is 10.8 Å². The Labute approximate surface area is 145 Å². The molecule has 1 heterocycles. The maximum absolute atomic E-state index is 12.1. The number of rotatable bonds is 8. The van der Waals surface area contributed by atoms with Crippen molar-refractivity contribution in [1.82, 2.24) is 10.5 Å². The standard InChI is InChI=1S/C17H20ClN3O3/c18-12-7-8-13-14(9-10-19-15(13)11-12)20-16(22)5-3-1-2-4-6-17(23)21-24/h7-11,24H,1-6H2,(H,21,23)(H,19,20,22). The number of carbonyl (C=O) groups excluding carboxylic acids is 2. The molecule has 0 bridgehead atoms. The third-order valence-electron chi connectivity index (χ3n) is 3.66. The van der Waals surface area contributed by atoms with Crippen LogP contribution in [0.15, 0.2) is 30.5 Å². The molecule has 0 saturated heterocycles. The smallest absolute Gasteiger partial charge is 0.243 e. The van der Waals surface area contributed by atoms with Crippen molar-refractivity contribution >= 4 is 40.0 Å². The van der Waals surface area contributed by atoms with E-state index in [9.17, 15) is 9.59 Å². The van der Waals surface area contributed by atoms with Gasteiger partial charge < -0.3 is 5.32 Å². The van der Waals surface area contributed by atoms with Gasteiger partial charge in [-0.2, -0.15) is 0 Å². The number of halogens is 1. The molecule has 3 N–H and O–H groups in total. The van der Waals surface area contributed by atoms with Crippen LogP contribution in [0.1, 0.15) is 38.5 Å². The highest BCUT2D eigenvalue weighted by atomic mass is 35.5. The first kappa shape index (κ1) is 18.2. The molecule has 1 aromatic carbocycles. The fourth-order valence-electron chi connectivity index (χ4n) is 2.42. The molecule has 1 aromatic heterocycles.